The predicted molar refractivity (Wildman–Crippen MR) is 301 cm³/mol. The summed E-state index contributed by atoms with van der Waals surface area (Å²) < 4.78 is 11.3. The number of ether oxygens (including phenoxy) is 2. The highest BCUT2D eigenvalue weighted by Crippen LogP contribution is 2.27. The Hall–Kier alpha value is -7.01. The van der Waals surface area contributed by atoms with Crippen molar-refractivity contribution >= 4 is 65.7 Å². The summed E-state index contributed by atoms with van der Waals surface area (Å²) in [6, 6.07) is 10.1. The van der Waals surface area contributed by atoms with E-state index in [-0.39, 0.29) is 18.8 Å². The van der Waals surface area contributed by atoms with Gasteiger partial charge >= 0.3 is 12.2 Å². The van der Waals surface area contributed by atoms with Gasteiger partial charge in [0.1, 0.15) is 12.2 Å². The number of carbonyl (C=O) groups excluding carboxylic acids is 2. The van der Waals surface area contributed by atoms with Crippen molar-refractivity contribution in [1.29, 1.82) is 0 Å². The molecule has 2 amide bonds. The summed E-state index contributed by atoms with van der Waals surface area (Å²) >= 11 is 0. The van der Waals surface area contributed by atoms with Gasteiger partial charge in [0.25, 0.3) is 0 Å². The second kappa shape index (κ2) is 25.9. The van der Waals surface area contributed by atoms with Crippen LogP contribution in [0.25, 0.3) is 0 Å². The SMILES string of the molecule is CCCCCNc1nc(N2CCN(C(=O)OCc3ccccc3)CC2)nc(N2CCN(c3nc(NCC(C)C)nc(N4CCN(c5nc(NC6CCCCC6)nc(N6CCN(C(=O)OC(C)(C)C)CC6)n5)CC4)n3)CC2)n1. The zero-order valence-corrected chi connectivity index (χ0v) is 46.4. The molecule has 5 aliphatic rings. The van der Waals surface area contributed by atoms with Crippen molar-refractivity contribution in [3.8, 4) is 0 Å². The van der Waals surface area contributed by atoms with Crippen molar-refractivity contribution in [2.75, 3.05) is 163 Å². The first-order chi connectivity index (χ1) is 37.3. The number of hydrogen-bond acceptors (Lipinski definition) is 22. The number of piperazine rings is 4. The van der Waals surface area contributed by atoms with Crippen molar-refractivity contribution in [1.82, 2.24) is 54.7 Å². The van der Waals surface area contributed by atoms with Crippen LogP contribution >= 0.6 is 0 Å². The predicted octanol–water partition coefficient (Wildman–Crippen LogP) is 5.83. The standard InChI is InChI=1S/C53H82N20O4/c1-7-8-15-20-54-42-57-45(63-46(58-42)70-29-33-72(34-30-70)51(74)76-38-40-16-11-9-12-17-40)66-21-23-67(24-22-66)47-59-43(55-37-39(2)3)60-48(64-47)68-25-27-69(28-26-68)49-61-44(56-41-18-13-10-14-19-41)62-50(65-49)71-31-35-73(36-32-71)52(75)77-53(4,5)6/h9,11-12,16-17,39,41H,7-8,10,13-15,18-38H2,1-6H3,(H,54,57,58,63)(H,55,59,60,64)(H,56,61,62,65). The molecule has 5 fully saturated rings. The molecule has 7 heterocycles. The van der Waals surface area contributed by atoms with Crippen LogP contribution in [0.15, 0.2) is 30.3 Å². The highest BCUT2D eigenvalue weighted by molar-refractivity contribution is 5.69. The Morgan fingerprint density at radius 1 is 0.545 bits per heavy atom. The van der Waals surface area contributed by atoms with Crippen LogP contribution in [0.2, 0.25) is 0 Å². The largest absolute Gasteiger partial charge is 0.445 e. The number of hydrogen-bond donors (Lipinski definition) is 3. The molecule has 24 nitrogen and oxygen atoms in total. The molecule has 0 radical (unpaired) electrons. The molecule has 1 aliphatic carbocycles. The molecule has 0 atom stereocenters. The van der Waals surface area contributed by atoms with E-state index in [1.165, 1.54) is 19.3 Å². The molecule has 0 spiro atoms. The molecule has 0 unspecified atom stereocenters. The molecule has 4 saturated heterocycles. The lowest BCUT2D eigenvalue weighted by molar-refractivity contribution is 0.0240. The van der Waals surface area contributed by atoms with E-state index in [9.17, 15) is 9.59 Å². The lowest BCUT2D eigenvalue weighted by atomic mass is 9.96. The second-order valence-corrected chi connectivity index (χ2v) is 22.1. The van der Waals surface area contributed by atoms with E-state index in [0.29, 0.717) is 170 Å². The molecule has 1 saturated carbocycles. The number of unbranched alkanes of at least 4 members (excludes halogenated alkanes) is 2. The Kier molecular flexibility index (Phi) is 18.4. The third-order valence-corrected chi connectivity index (χ3v) is 14.4. The van der Waals surface area contributed by atoms with Crippen LogP contribution in [0, 0.1) is 5.92 Å². The van der Waals surface area contributed by atoms with Crippen LogP contribution in [0.4, 0.5) is 63.1 Å². The molecule has 0 bridgehead atoms. The minimum absolute atomic E-state index is 0.241. The molecule has 418 valence electrons. The van der Waals surface area contributed by atoms with E-state index in [2.05, 4.69) is 66.1 Å². The highest BCUT2D eigenvalue weighted by Gasteiger charge is 2.32. The number of amides is 2. The van der Waals surface area contributed by atoms with Crippen molar-refractivity contribution < 1.29 is 19.1 Å². The molecule has 4 aromatic rings. The number of carbonyl (C=O) groups is 2. The van der Waals surface area contributed by atoms with Gasteiger partial charge in [-0.05, 0) is 51.5 Å². The van der Waals surface area contributed by atoms with Gasteiger partial charge in [0.05, 0.1) is 0 Å². The third-order valence-electron chi connectivity index (χ3n) is 14.4. The van der Waals surface area contributed by atoms with E-state index >= 15 is 0 Å². The lowest BCUT2D eigenvalue weighted by Crippen LogP contribution is -2.51. The first-order valence-electron chi connectivity index (χ1n) is 28.3. The number of nitrogens with zero attached hydrogens (tertiary/aromatic N) is 17. The normalized spacial score (nSPS) is 18.0. The van der Waals surface area contributed by atoms with Crippen LogP contribution < -0.4 is 45.3 Å². The minimum atomic E-state index is -0.555. The summed E-state index contributed by atoms with van der Waals surface area (Å²) in [6.45, 7) is 23.6. The van der Waals surface area contributed by atoms with E-state index in [1.807, 2.05) is 51.1 Å². The van der Waals surface area contributed by atoms with Crippen LogP contribution in [-0.2, 0) is 16.1 Å². The van der Waals surface area contributed by atoms with Gasteiger partial charge in [0.2, 0.25) is 53.5 Å². The minimum Gasteiger partial charge on any atom is -0.445 e. The topological polar surface area (TPSA) is 231 Å². The number of aromatic nitrogens is 9. The molecule has 24 heteroatoms. The van der Waals surface area contributed by atoms with Crippen LogP contribution in [0.1, 0.15) is 98.5 Å². The number of anilines is 9. The Labute approximate surface area is 454 Å². The zero-order valence-electron chi connectivity index (χ0n) is 46.4. The van der Waals surface area contributed by atoms with E-state index in [0.717, 1.165) is 50.8 Å². The molecule has 3 N–H and O–H groups in total. The smallest absolute Gasteiger partial charge is 0.410 e. The molecule has 1 aromatic carbocycles. The fourth-order valence-corrected chi connectivity index (χ4v) is 9.96. The van der Waals surface area contributed by atoms with Crippen LogP contribution in [0.5, 0.6) is 0 Å². The van der Waals surface area contributed by atoms with E-state index < -0.39 is 5.60 Å². The summed E-state index contributed by atoms with van der Waals surface area (Å²) in [5.74, 6) is 5.84. The first-order valence-corrected chi connectivity index (χ1v) is 28.3. The fraction of sp³-hybridized carbons (Fsp3) is 0.679. The fourth-order valence-electron chi connectivity index (χ4n) is 9.96. The quantitative estimate of drug-likeness (QED) is 0.0996. The van der Waals surface area contributed by atoms with Crippen molar-refractivity contribution in [2.45, 2.75) is 111 Å². The van der Waals surface area contributed by atoms with Gasteiger partial charge in [-0.3, -0.25) is 0 Å². The average Bonchev–Trinajstić information content (AvgIpc) is 3.45. The van der Waals surface area contributed by atoms with Crippen molar-refractivity contribution in [2.24, 2.45) is 5.92 Å². The van der Waals surface area contributed by atoms with Gasteiger partial charge in [0.15, 0.2) is 0 Å². The van der Waals surface area contributed by atoms with Crippen molar-refractivity contribution in [3.63, 3.8) is 0 Å². The number of benzene rings is 1. The Balaban J connectivity index is 0.855. The van der Waals surface area contributed by atoms with Gasteiger partial charge in [0, 0.05) is 124 Å². The van der Waals surface area contributed by atoms with Gasteiger partial charge in [-0.15, -0.1) is 0 Å². The monoisotopic (exact) mass is 1060 g/mol. The summed E-state index contributed by atoms with van der Waals surface area (Å²) in [7, 11) is 0. The van der Waals surface area contributed by atoms with Gasteiger partial charge in [-0.25, -0.2) is 9.59 Å². The maximum Gasteiger partial charge on any atom is 0.410 e. The summed E-state index contributed by atoms with van der Waals surface area (Å²) in [6.07, 6.45) is 8.48. The third kappa shape index (κ3) is 15.4. The van der Waals surface area contributed by atoms with Gasteiger partial charge < -0.3 is 64.6 Å². The van der Waals surface area contributed by atoms with E-state index in [4.69, 9.17) is 54.3 Å². The van der Waals surface area contributed by atoms with Crippen molar-refractivity contribution in [3.05, 3.63) is 35.9 Å². The maximum atomic E-state index is 13.0. The van der Waals surface area contributed by atoms with Crippen LogP contribution in [-0.4, -0.2) is 196 Å². The van der Waals surface area contributed by atoms with Crippen LogP contribution in [0.3, 0.4) is 0 Å². The Morgan fingerprint density at radius 2 is 0.961 bits per heavy atom. The average molecular weight is 1060 g/mol. The lowest BCUT2D eigenvalue weighted by Gasteiger charge is -2.38. The summed E-state index contributed by atoms with van der Waals surface area (Å²) in [5, 5.41) is 10.6. The highest BCUT2D eigenvalue weighted by atomic mass is 16.6. The number of rotatable bonds is 18. The molecule has 77 heavy (non-hydrogen) atoms. The van der Waals surface area contributed by atoms with Gasteiger partial charge in [-0.1, -0.05) is 83.2 Å². The Bertz CT molecular complexity index is 2520. The molecular formula is C53H82N20O4. The molecule has 4 aliphatic heterocycles. The molecule has 9 rings (SSSR count). The van der Waals surface area contributed by atoms with E-state index in [1.54, 1.807) is 9.80 Å². The molecule has 3 aromatic heterocycles. The maximum absolute atomic E-state index is 13.0. The summed E-state index contributed by atoms with van der Waals surface area (Å²) in [4.78, 5) is 87.6. The summed E-state index contributed by atoms with van der Waals surface area (Å²) in [5.41, 5.74) is 0.403. The second-order valence-electron chi connectivity index (χ2n) is 22.1. The zero-order chi connectivity index (χ0) is 53.7. The first kappa shape index (κ1) is 54.8. The molecular weight excluding hydrogens is 981 g/mol. The Morgan fingerprint density at radius 3 is 1.39 bits per heavy atom. The number of nitrogens with one attached hydrogen (secondary N) is 3. The van der Waals surface area contributed by atoms with Gasteiger partial charge in [-0.2, -0.15) is 44.9 Å².